The second kappa shape index (κ2) is 6.70. The molecular weight excluding hydrogens is 256 g/mol. The van der Waals surface area contributed by atoms with Crippen molar-refractivity contribution < 1.29 is 14.3 Å². The van der Waals surface area contributed by atoms with Crippen LogP contribution in [-0.4, -0.2) is 31.5 Å². The zero-order valence-electron chi connectivity index (χ0n) is 11.9. The Bertz CT molecular complexity index is 466. The number of carbonyl (C=O) groups is 1. The number of carbonyl (C=O) groups excluding carboxylic acids is 1. The number of ether oxygens (including phenoxy) is 2. The molecule has 0 bridgehead atoms. The summed E-state index contributed by atoms with van der Waals surface area (Å²) in [6.45, 7) is 3.27. The van der Waals surface area contributed by atoms with Gasteiger partial charge in [0.2, 0.25) is 0 Å². The molecule has 1 unspecified atom stereocenters. The second-order valence-corrected chi connectivity index (χ2v) is 5.13. The highest BCUT2D eigenvalue weighted by Gasteiger charge is 2.25. The molecule has 0 saturated carbocycles. The first-order chi connectivity index (χ1) is 9.63. The van der Waals surface area contributed by atoms with Crippen molar-refractivity contribution in [3.63, 3.8) is 0 Å². The van der Waals surface area contributed by atoms with Crippen LogP contribution in [0.15, 0.2) is 22.9 Å². The van der Waals surface area contributed by atoms with E-state index in [-0.39, 0.29) is 11.9 Å². The Labute approximate surface area is 119 Å². The summed E-state index contributed by atoms with van der Waals surface area (Å²) in [4.78, 5) is 11.7. The van der Waals surface area contributed by atoms with Gasteiger partial charge in [-0.15, -0.1) is 0 Å². The summed E-state index contributed by atoms with van der Waals surface area (Å²) >= 11 is 0. The van der Waals surface area contributed by atoms with E-state index in [1.54, 1.807) is 0 Å². The molecule has 0 aromatic heterocycles. The summed E-state index contributed by atoms with van der Waals surface area (Å²) in [6.07, 6.45) is 4.82. The number of allylic oxidation sites excluding steroid dienone is 2. The van der Waals surface area contributed by atoms with E-state index >= 15 is 0 Å². The third kappa shape index (κ3) is 3.28. The molecule has 1 atom stereocenters. The van der Waals surface area contributed by atoms with Gasteiger partial charge in [-0.25, -0.2) is 0 Å². The number of hydrogen-bond acceptors (Lipinski definition) is 5. The molecule has 3 N–H and O–H groups in total. The number of esters is 1. The van der Waals surface area contributed by atoms with E-state index in [0.717, 1.165) is 24.0 Å². The molecule has 5 nitrogen and oxygen atoms in total. The molecule has 20 heavy (non-hydrogen) atoms. The van der Waals surface area contributed by atoms with Crippen molar-refractivity contribution in [3.05, 3.63) is 22.9 Å². The lowest BCUT2D eigenvalue weighted by Crippen LogP contribution is -2.25. The van der Waals surface area contributed by atoms with Crippen LogP contribution in [0.3, 0.4) is 0 Å². The lowest BCUT2D eigenvalue weighted by molar-refractivity contribution is -0.148. The molecule has 5 heteroatoms. The molecule has 1 heterocycles. The van der Waals surface area contributed by atoms with E-state index in [1.165, 1.54) is 0 Å². The van der Waals surface area contributed by atoms with Crippen LogP contribution in [0, 0.1) is 11.3 Å². The van der Waals surface area contributed by atoms with Crippen LogP contribution in [0.2, 0.25) is 0 Å². The Kier molecular flexibility index (Phi) is 4.95. The zero-order chi connectivity index (χ0) is 14.5. The van der Waals surface area contributed by atoms with Gasteiger partial charge >= 0.3 is 5.97 Å². The van der Waals surface area contributed by atoms with Crippen molar-refractivity contribution in [1.82, 2.24) is 0 Å². The normalized spacial score (nSPS) is 23.2. The Morgan fingerprint density at radius 2 is 2.35 bits per heavy atom. The highest BCUT2D eigenvalue weighted by Crippen LogP contribution is 2.28. The highest BCUT2D eigenvalue weighted by molar-refractivity contribution is 6.10. The third-order valence-corrected chi connectivity index (χ3v) is 3.80. The quantitative estimate of drug-likeness (QED) is 0.608. The molecule has 2 rings (SSSR count). The molecule has 0 aromatic rings. The number of hydrogen-bond donors (Lipinski definition) is 2. The van der Waals surface area contributed by atoms with Gasteiger partial charge in [-0.1, -0.05) is 6.08 Å². The number of nitrogens with two attached hydrogens (primary N) is 1. The van der Waals surface area contributed by atoms with Crippen molar-refractivity contribution in [2.45, 2.75) is 32.6 Å². The average Bonchev–Trinajstić information content (AvgIpc) is 2.47. The summed E-state index contributed by atoms with van der Waals surface area (Å²) in [5.41, 5.74) is 8.99. The summed E-state index contributed by atoms with van der Waals surface area (Å²) in [7, 11) is 0. The van der Waals surface area contributed by atoms with E-state index < -0.39 is 0 Å². The minimum Gasteiger partial charge on any atom is -0.466 e. The Morgan fingerprint density at radius 3 is 2.95 bits per heavy atom. The zero-order valence-corrected chi connectivity index (χ0v) is 11.9. The first-order valence-electron chi connectivity index (χ1n) is 7.13. The maximum absolute atomic E-state index is 11.7. The van der Waals surface area contributed by atoms with Gasteiger partial charge in [-0.05, 0) is 38.2 Å². The molecule has 1 aliphatic heterocycles. The largest absolute Gasteiger partial charge is 0.466 e. The monoisotopic (exact) mass is 278 g/mol. The molecule has 0 aromatic carbocycles. The van der Waals surface area contributed by atoms with Crippen molar-refractivity contribution in [2.24, 2.45) is 11.7 Å². The van der Waals surface area contributed by atoms with Gasteiger partial charge < -0.3 is 20.6 Å². The molecule has 110 valence electrons. The average molecular weight is 278 g/mol. The Hall–Kier alpha value is -1.62. The van der Waals surface area contributed by atoms with E-state index in [1.807, 2.05) is 13.0 Å². The van der Waals surface area contributed by atoms with Gasteiger partial charge in [0.05, 0.1) is 31.5 Å². The minimum absolute atomic E-state index is 0.0625. The first-order valence-corrected chi connectivity index (χ1v) is 7.13. The topological polar surface area (TPSA) is 85.4 Å². The fourth-order valence-corrected chi connectivity index (χ4v) is 2.62. The summed E-state index contributed by atoms with van der Waals surface area (Å²) in [5.74, 6) is -0.188. The van der Waals surface area contributed by atoms with Crippen molar-refractivity contribution in [3.8, 4) is 0 Å². The number of nitrogens with one attached hydrogen (secondary N) is 1. The van der Waals surface area contributed by atoms with Crippen LogP contribution in [0.4, 0.5) is 0 Å². The molecule has 0 fully saturated rings. The smallest absolute Gasteiger partial charge is 0.309 e. The Balaban J connectivity index is 2.01. The molecule has 0 amide bonds. The van der Waals surface area contributed by atoms with Gasteiger partial charge in [0.1, 0.15) is 0 Å². The molecule has 0 spiro atoms. The maximum Gasteiger partial charge on any atom is 0.309 e. The molecule has 0 radical (unpaired) electrons. The van der Waals surface area contributed by atoms with Gasteiger partial charge in [-0.2, -0.15) is 0 Å². The van der Waals surface area contributed by atoms with Crippen molar-refractivity contribution >= 4 is 11.7 Å². The second-order valence-electron chi connectivity index (χ2n) is 5.13. The van der Waals surface area contributed by atoms with Crippen LogP contribution in [0.25, 0.3) is 0 Å². The molecule has 1 aliphatic carbocycles. The lowest BCUT2D eigenvalue weighted by Gasteiger charge is -2.24. The minimum atomic E-state index is -0.126. The van der Waals surface area contributed by atoms with E-state index in [9.17, 15) is 4.79 Å². The SMILES string of the molecule is CCOC(=O)C1CC=C(C(=N)C2=C(N)COCC2)CC1. The van der Waals surface area contributed by atoms with Crippen LogP contribution >= 0.6 is 0 Å². The third-order valence-electron chi connectivity index (χ3n) is 3.80. The lowest BCUT2D eigenvalue weighted by atomic mass is 9.85. The predicted octanol–water partition coefficient (Wildman–Crippen LogP) is 1.93. The molecular formula is C15H22N2O3. The summed E-state index contributed by atoms with van der Waals surface area (Å²) in [6, 6.07) is 0. The van der Waals surface area contributed by atoms with Crippen LogP contribution in [0.5, 0.6) is 0 Å². The van der Waals surface area contributed by atoms with Crippen LogP contribution < -0.4 is 5.73 Å². The van der Waals surface area contributed by atoms with Crippen molar-refractivity contribution in [1.29, 1.82) is 5.41 Å². The summed E-state index contributed by atoms with van der Waals surface area (Å²) in [5, 5.41) is 8.28. The molecule has 0 saturated heterocycles. The fraction of sp³-hybridized carbons (Fsp3) is 0.600. The van der Waals surface area contributed by atoms with Gasteiger partial charge in [0.15, 0.2) is 0 Å². The van der Waals surface area contributed by atoms with Gasteiger partial charge in [-0.3, -0.25) is 4.79 Å². The highest BCUT2D eigenvalue weighted by atomic mass is 16.5. The molecule has 2 aliphatic rings. The van der Waals surface area contributed by atoms with E-state index in [4.69, 9.17) is 20.6 Å². The van der Waals surface area contributed by atoms with Gasteiger partial charge in [0.25, 0.3) is 0 Å². The van der Waals surface area contributed by atoms with E-state index in [2.05, 4.69) is 0 Å². The standard InChI is InChI=1S/C15H22N2O3/c1-2-20-15(18)11-5-3-10(4-6-11)14(17)12-7-8-19-9-13(12)16/h3,11,17H,2,4-9,16H2,1H3. The fourth-order valence-electron chi connectivity index (χ4n) is 2.62. The number of rotatable bonds is 4. The first kappa shape index (κ1) is 14.8. The van der Waals surface area contributed by atoms with E-state index in [0.29, 0.717) is 44.1 Å². The van der Waals surface area contributed by atoms with Gasteiger partial charge in [0, 0.05) is 11.3 Å². The Morgan fingerprint density at radius 1 is 1.55 bits per heavy atom. The van der Waals surface area contributed by atoms with Crippen LogP contribution in [0.1, 0.15) is 32.6 Å². The van der Waals surface area contributed by atoms with Crippen molar-refractivity contribution in [2.75, 3.05) is 19.8 Å². The van der Waals surface area contributed by atoms with Crippen LogP contribution in [-0.2, 0) is 14.3 Å². The predicted molar refractivity (Wildman–Crippen MR) is 76.4 cm³/mol. The summed E-state index contributed by atoms with van der Waals surface area (Å²) < 4.78 is 10.3. The maximum atomic E-state index is 11.7.